The fourth-order valence-electron chi connectivity index (χ4n) is 4.29. The van der Waals surface area contributed by atoms with Crippen molar-refractivity contribution in [2.75, 3.05) is 30.3 Å². The van der Waals surface area contributed by atoms with Crippen LogP contribution >= 0.6 is 11.6 Å². The van der Waals surface area contributed by atoms with Crippen LogP contribution in [0.5, 0.6) is 0 Å². The van der Waals surface area contributed by atoms with Crippen molar-refractivity contribution in [1.29, 1.82) is 0 Å². The van der Waals surface area contributed by atoms with Gasteiger partial charge >= 0.3 is 0 Å². The third kappa shape index (κ3) is 4.94. The van der Waals surface area contributed by atoms with E-state index >= 15 is 0 Å². The summed E-state index contributed by atoms with van der Waals surface area (Å²) in [5.41, 5.74) is 9.41. The molecule has 3 aromatic carbocycles. The first-order chi connectivity index (χ1) is 15.7. The summed E-state index contributed by atoms with van der Waals surface area (Å²) in [4.78, 5) is 16.8. The van der Waals surface area contributed by atoms with Crippen molar-refractivity contribution in [2.24, 2.45) is 0 Å². The highest BCUT2D eigenvalue weighted by molar-refractivity contribution is 6.30. The minimum Gasteiger partial charge on any atom is -0.399 e. The van der Waals surface area contributed by atoms with Crippen LogP contribution in [-0.2, 0) is 4.79 Å². The average molecular weight is 472 g/mol. The molecule has 0 radical (unpaired) electrons. The zero-order chi connectivity index (χ0) is 23.7. The highest BCUT2D eigenvalue weighted by Gasteiger charge is 2.34. The Balaban J connectivity index is 1.64. The maximum absolute atomic E-state index is 13.6. The SMILES string of the molecule is Cc1cc(N)ccc1N1CCN(C(=O)C(O)c2cc(F)cc(F)c2)C[C@H]1c1ccc(Cl)cc1. The van der Waals surface area contributed by atoms with E-state index in [0.717, 1.165) is 28.9 Å². The molecule has 1 saturated heterocycles. The van der Waals surface area contributed by atoms with Gasteiger partial charge in [-0.3, -0.25) is 4.79 Å². The smallest absolute Gasteiger partial charge is 0.256 e. The molecule has 4 rings (SSSR count). The van der Waals surface area contributed by atoms with E-state index in [-0.39, 0.29) is 18.2 Å². The monoisotopic (exact) mass is 471 g/mol. The van der Waals surface area contributed by atoms with Crippen LogP contribution in [0.4, 0.5) is 20.2 Å². The van der Waals surface area contributed by atoms with Crippen LogP contribution in [0.3, 0.4) is 0 Å². The molecule has 8 heteroatoms. The second-order valence-corrected chi connectivity index (χ2v) is 8.63. The molecule has 3 aromatic rings. The maximum Gasteiger partial charge on any atom is 0.256 e. The number of aliphatic hydroxyl groups is 1. The zero-order valence-corrected chi connectivity index (χ0v) is 18.8. The van der Waals surface area contributed by atoms with Gasteiger partial charge in [0.05, 0.1) is 6.04 Å². The van der Waals surface area contributed by atoms with E-state index in [1.54, 1.807) is 12.1 Å². The minimum atomic E-state index is -1.66. The Morgan fingerprint density at radius 3 is 2.36 bits per heavy atom. The number of nitrogens with zero attached hydrogens (tertiary/aromatic N) is 2. The van der Waals surface area contributed by atoms with Gasteiger partial charge in [0.25, 0.3) is 5.91 Å². The van der Waals surface area contributed by atoms with Crippen LogP contribution in [0, 0.1) is 18.6 Å². The number of aryl methyl sites for hydroxylation is 1. The molecule has 1 amide bonds. The van der Waals surface area contributed by atoms with Crippen LogP contribution in [0.2, 0.25) is 5.02 Å². The molecule has 0 saturated carbocycles. The highest BCUT2D eigenvalue weighted by atomic mass is 35.5. The van der Waals surface area contributed by atoms with Crippen LogP contribution in [0.25, 0.3) is 0 Å². The maximum atomic E-state index is 13.6. The molecular weight excluding hydrogens is 448 g/mol. The Morgan fingerprint density at radius 2 is 1.73 bits per heavy atom. The number of benzene rings is 3. The van der Waals surface area contributed by atoms with E-state index in [1.807, 2.05) is 37.3 Å². The van der Waals surface area contributed by atoms with E-state index in [0.29, 0.717) is 29.9 Å². The molecule has 5 nitrogen and oxygen atoms in total. The first kappa shape index (κ1) is 23.0. The number of nitrogens with two attached hydrogens (primary N) is 1. The quantitative estimate of drug-likeness (QED) is 0.544. The third-order valence-electron chi connectivity index (χ3n) is 5.91. The molecule has 1 unspecified atom stereocenters. The molecule has 3 N–H and O–H groups in total. The fraction of sp³-hybridized carbons (Fsp3) is 0.240. The predicted octanol–water partition coefficient (Wildman–Crippen LogP) is 4.63. The van der Waals surface area contributed by atoms with Gasteiger partial charge in [-0.2, -0.15) is 0 Å². The number of halogens is 3. The summed E-state index contributed by atoms with van der Waals surface area (Å²) in [6.07, 6.45) is -1.66. The van der Waals surface area contributed by atoms with Gasteiger partial charge in [-0.1, -0.05) is 23.7 Å². The standard InChI is InChI=1S/C25H24ClF2N3O2/c1-15-10-21(29)6-7-22(15)31-9-8-30(14-23(31)16-2-4-18(26)5-3-16)25(33)24(32)17-11-19(27)13-20(28)12-17/h2-7,10-13,23-24,32H,8-9,14,29H2,1H3/t23-,24?/m0/s1. The molecule has 0 aromatic heterocycles. The second-order valence-electron chi connectivity index (χ2n) is 8.20. The summed E-state index contributed by atoms with van der Waals surface area (Å²) in [6.45, 7) is 3.08. The molecule has 2 atom stereocenters. The van der Waals surface area contributed by atoms with Gasteiger partial charge in [-0.15, -0.1) is 0 Å². The zero-order valence-electron chi connectivity index (χ0n) is 18.0. The molecule has 33 heavy (non-hydrogen) atoms. The number of piperazine rings is 1. The summed E-state index contributed by atoms with van der Waals surface area (Å²) in [5.74, 6) is -2.30. The van der Waals surface area contributed by atoms with Gasteiger partial charge in [0.15, 0.2) is 6.10 Å². The van der Waals surface area contributed by atoms with Gasteiger partial charge in [-0.05, 0) is 66.1 Å². The topological polar surface area (TPSA) is 69.8 Å². The Hall–Kier alpha value is -3.16. The lowest BCUT2D eigenvalue weighted by Crippen LogP contribution is -2.52. The van der Waals surface area contributed by atoms with E-state index < -0.39 is 23.6 Å². The van der Waals surface area contributed by atoms with Crippen molar-refractivity contribution >= 4 is 28.9 Å². The predicted molar refractivity (Wildman–Crippen MR) is 125 cm³/mol. The number of hydrogen-bond donors (Lipinski definition) is 2. The first-order valence-corrected chi connectivity index (χ1v) is 10.9. The number of aliphatic hydroxyl groups excluding tert-OH is 1. The van der Waals surface area contributed by atoms with E-state index in [9.17, 15) is 18.7 Å². The largest absolute Gasteiger partial charge is 0.399 e. The van der Waals surface area contributed by atoms with E-state index in [2.05, 4.69) is 4.90 Å². The Morgan fingerprint density at radius 1 is 1.06 bits per heavy atom. The molecular formula is C25H24ClF2N3O2. The summed E-state index contributed by atoms with van der Waals surface area (Å²) >= 11 is 6.07. The van der Waals surface area contributed by atoms with Crippen LogP contribution in [0.15, 0.2) is 60.7 Å². The number of carbonyl (C=O) groups excluding carboxylic acids is 1. The average Bonchev–Trinajstić information content (AvgIpc) is 2.78. The van der Waals surface area contributed by atoms with Crippen molar-refractivity contribution in [3.8, 4) is 0 Å². The number of nitrogen functional groups attached to an aromatic ring is 1. The fourth-order valence-corrected chi connectivity index (χ4v) is 4.42. The van der Waals surface area contributed by atoms with Gasteiger partial charge < -0.3 is 20.6 Å². The normalized spacial score (nSPS) is 17.2. The number of amides is 1. The lowest BCUT2D eigenvalue weighted by atomic mass is 9.99. The van der Waals surface area contributed by atoms with Crippen molar-refractivity contribution in [1.82, 2.24) is 4.90 Å². The molecule has 172 valence electrons. The van der Waals surface area contributed by atoms with Gasteiger partial charge in [-0.25, -0.2) is 8.78 Å². The van der Waals surface area contributed by atoms with E-state index in [4.69, 9.17) is 17.3 Å². The second kappa shape index (κ2) is 9.37. The van der Waals surface area contributed by atoms with Crippen LogP contribution in [0.1, 0.15) is 28.8 Å². The minimum absolute atomic E-state index is 0.114. The Bertz CT molecular complexity index is 1150. The van der Waals surface area contributed by atoms with E-state index in [1.165, 1.54) is 4.90 Å². The van der Waals surface area contributed by atoms with Crippen molar-refractivity contribution in [3.05, 3.63) is 94.0 Å². The number of rotatable bonds is 4. The number of carbonyl (C=O) groups is 1. The molecule has 0 aliphatic carbocycles. The molecule has 1 fully saturated rings. The van der Waals surface area contributed by atoms with Crippen molar-refractivity contribution in [3.63, 3.8) is 0 Å². The summed E-state index contributed by atoms with van der Waals surface area (Å²) in [5, 5.41) is 11.2. The van der Waals surface area contributed by atoms with Gasteiger partial charge in [0, 0.05) is 42.1 Å². The van der Waals surface area contributed by atoms with Crippen molar-refractivity contribution < 1.29 is 18.7 Å². The summed E-state index contributed by atoms with van der Waals surface area (Å²) in [6, 6.07) is 15.5. The van der Waals surface area contributed by atoms with Gasteiger partial charge in [0.1, 0.15) is 11.6 Å². The molecule has 0 spiro atoms. The highest BCUT2D eigenvalue weighted by Crippen LogP contribution is 2.35. The summed E-state index contributed by atoms with van der Waals surface area (Å²) < 4.78 is 27.2. The first-order valence-electron chi connectivity index (χ1n) is 10.5. The summed E-state index contributed by atoms with van der Waals surface area (Å²) in [7, 11) is 0. The van der Waals surface area contributed by atoms with Crippen molar-refractivity contribution in [2.45, 2.75) is 19.1 Å². The molecule has 1 heterocycles. The lowest BCUT2D eigenvalue weighted by molar-refractivity contribution is -0.141. The third-order valence-corrected chi connectivity index (χ3v) is 6.16. The van der Waals surface area contributed by atoms with Crippen LogP contribution in [-0.4, -0.2) is 35.5 Å². The molecule has 1 aliphatic heterocycles. The number of hydrogen-bond acceptors (Lipinski definition) is 4. The van der Waals surface area contributed by atoms with Crippen LogP contribution < -0.4 is 10.6 Å². The Labute approximate surface area is 196 Å². The molecule has 1 aliphatic rings. The molecule has 0 bridgehead atoms. The number of anilines is 2. The lowest BCUT2D eigenvalue weighted by Gasteiger charge is -2.44. The Kier molecular flexibility index (Phi) is 6.54. The van der Waals surface area contributed by atoms with Gasteiger partial charge in [0.2, 0.25) is 0 Å².